The van der Waals surface area contributed by atoms with Crippen LogP contribution in [0.3, 0.4) is 0 Å². The van der Waals surface area contributed by atoms with E-state index in [1.54, 1.807) is 24.3 Å². The maximum absolute atomic E-state index is 10.5. The monoisotopic (exact) mass is 470 g/mol. The zero-order chi connectivity index (χ0) is 23.3. The van der Waals surface area contributed by atoms with E-state index in [4.69, 9.17) is 9.11 Å². The minimum absolute atomic E-state index is 0.0666. The fraction of sp³-hybridized carbons (Fsp3) is 0.429. The number of rotatable bonds is 3. The molecule has 2 aliphatic heterocycles. The molecule has 0 aromatic heterocycles. The fourth-order valence-corrected chi connectivity index (χ4v) is 4.21. The van der Waals surface area contributed by atoms with Gasteiger partial charge in [-0.05, 0) is 44.7 Å². The van der Waals surface area contributed by atoms with Crippen molar-refractivity contribution in [2.45, 2.75) is 30.6 Å². The van der Waals surface area contributed by atoms with Crippen molar-refractivity contribution in [3.63, 3.8) is 0 Å². The molecule has 2 fully saturated rings. The molecule has 0 aliphatic carbocycles. The van der Waals surface area contributed by atoms with Crippen LogP contribution in [0.25, 0.3) is 0 Å². The highest BCUT2D eigenvalue weighted by atomic mass is 32.2. The quantitative estimate of drug-likeness (QED) is 0.584. The number of hydrogen-bond acceptors (Lipinski definition) is 6. The summed E-state index contributed by atoms with van der Waals surface area (Å²) >= 11 is 0. The van der Waals surface area contributed by atoms with Gasteiger partial charge in [0.15, 0.2) is 0 Å². The fourth-order valence-electron chi connectivity index (χ4n) is 3.25. The second-order valence-corrected chi connectivity index (χ2v) is 10.8. The van der Waals surface area contributed by atoms with E-state index in [1.807, 2.05) is 13.8 Å². The Morgan fingerprint density at radius 2 is 1.16 bits per heavy atom. The highest BCUT2D eigenvalue weighted by Crippen LogP contribution is 2.33. The minimum Gasteiger partial charge on any atom is -0.315 e. The largest absolute Gasteiger partial charge is 0.315 e. The highest BCUT2D eigenvalue weighted by molar-refractivity contribution is 7.86. The van der Waals surface area contributed by atoms with Gasteiger partial charge in [-0.3, -0.25) is 9.11 Å². The van der Waals surface area contributed by atoms with Gasteiger partial charge in [0.25, 0.3) is 20.2 Å². The zero-order valence-corrected chi connectivity index (χ0v) is 19.6. The average Bonchev–Trinajstić information content (AvgIpc) is 2.60. The third-order valence-corrected chi connectivity index (χ3v) is 6.94. The molecule has 0 saturated carbocycles. The molecule has 0 bridgehead atoms. The van der Waals surface area contributed by atoms with Gasteiger partial charge in [0.1, 0.15) is 0 Å². The first-order valence-corrected chi connectivity index (χ1v) is 12.7. The van der Waals surface area contributed by atoms with Gasteiger partial charge in [-0.25, -0.2) is 0 Å². The van der Waals surface area contributed by atoms with Crippen LogP contribution in [-0.2, 0) is 20.2 Å². The van der Waals surface area contributed by atoms with E-state index in [-0.39, 0.29) is 9.79 Å². The average molecular weight is 471 g/mol. The van der Waals surface area contributed by atoms with Crippen LogP contribution >= 0.6 is 0 Å². The molecule has 0 amide bonds. The Morgan fingerprint density at radius 3 is 1.39 bits per heavy atom. The minimum atomic E-state index is -4.02. The van der Waals surface area contributed by atoms with Crippen LogP contribution in [0, 0.1) is 19.3 Å². The van der Waals surface area contributed by atoms with Crippen molar-refractivity contribution in [2.75, 3.05) is 32.7 Å². The number of nitrogens with zero attached hydrogens (tertiary/aromatic N) is 1. The molecule has 0 radical (unpaired) electrons. The summed E-state index contributed by atoms with van der Waals surface area (Å²) in [6, 6.07) is 12.0. The van der Waals surface area contributed by atoms with Gasteiger partial charge in [0, 0.05) is 31.6 Å². The normalized spacial score (nSPS) is 17.3. The van der Waals surface area contributed by atoms with Crippen LogP contribution in [0.4, 0.5) is 0 Å². The zero-order valence-electron chi connectivity index (χ0n) is 17.9. The van der Waals surface area contributed by atoms with Gasteiger partial charge < -0.3 is 10.2 Å². The standard InChI is InChI=1S/C7H14N2.2C7H8O3S/c1-2-9-5-7(6-9)3-8-4-7;2*1-6-2-4-7(5-3-6)11(8,9)10/h8H,2-6H2,1H3;2*2-5H,1H3,(H,8,9,10). The molecule has 0 atom stereocenters. The summed E-state index contributed by atoms with van der Waals surface area (Å²) in [5.41, 5.74) is 2.64. The van der Waals surface area contributed by atoms with Gasteiger partial charge in [0.2, 0.25) is 0 Å². The summed E-state index contributed by atoms with van der Waals surface area (Å²) in [5.74, 6) is 0. The first kappa shape index (κ1) is 25.4. The molecule has 2 heterocycles. The Morgan fingerprint density at radius 1 is 0.806 bits per heavy atom. The third kappa shape index (κ3) is 7.67. The Bertz CT molecular complexity index is 980. The van der Waals surface area contributed by atoms with E-state index in [0.29, 0.717) is 0 Å². The molecule has 2 aromatic carbocycles. The number of benzene rings is 2. The van der Waals surface area contributed by atoms with Gasteiger partial charge in [-0.2, -0.15) is 16.8 Å². The molecule has 2 aliphatic rings. The maximum Gasteiger partial charge on any atom is 0.294 e. The van der Waals surface area contributed by atoms with E-state index >= 15 is 0 Å². The number of aryl methyl sites for hydroxylation is 2. The van der Waals surface area contributed by atoms with Crippen LogP contribution in [0.15, 0.2) is 58.3 Å². The van der Waals surface area contributed by atoms with Crippen LogP contribution in [0.1, 0.15) is 18.1 Å². The van der Waals surface area contributed by atoms with Crippen molar-refractivity contribution < 1.29 is 25.9 Å². The molecular weight excluding hydrogens is 440 g/mol. The Labute approximate surface area is 184 Å². The van der Waals surface area contributed by atoms with Crippen molar-refractivity contribution in [3.05, 3.63) is 59.7 Å². The van der Waals surface area contributed by atoms with Crippen LogP contribution in [0.2, 0.25) is 0 Å². The second kappa shape index (κ2) is 10.2. The maximum atomic E-state index is 10.5. The lowest BCUT2D eigenvalue weighted by Crippen LogP contribution is -2.70. The summed E-state index contributed by atoms with van der Waals surface area (Å²) in [6.45, 7) is 12.4. The van der Waals surface area contributed by atoms with Crippen molar-refractivity contribution in [3.8, 4) is 0 Å². The number of nitrogens with one attached hydrogen (secondary N) is 1. The van der Waals surface area contributed by atoms with E-state index in [1.165, 1.54) is 57.0 Å². The van der Waals surface area contributed by atoms with Crippen LogP contribution in [0.5, 0.6) is 0 Å². The summed E-state index contributed by atoms with van der Waals surface area (Å²) in [4.78, 5) is 2.37. The Hall–Kier alpha value is -1.82. The van der Waals surface area contributed by atoms with Crippen LogP contribution < -0.4 is 5.32 Å². The van der Waals surface area contributed by atoms with Gasteiger partial charge >= 0.3 is 0 Å². The molecule has 3 N–H and O–H groups in total. The molecule has 2 aromatic rings. The van der Waals surface area contributed by atoms with Crippen molar-refractivity contribution in [1.29, 1.82) is 0 Å². The van der Waals surface area contributed by atoms with E-state index in [2.05, 4.69) is 17.1 Å². The molecule has 31 heavy (non-hydrogen) atoms. The molecular formula is C21H30N2O6S2. The summed E-state index contributed by atoms with van der Waals surface area (Å²) in [5, 5.41) is 3.32. The van der Waals surface area contributed by atoms with Gasteiger partial charge in [-0.15, -0.1) is 0 Å². The van der Waals surface area contributed by atoms with E-state index in [9.17, 15) is 16.8 Å². The summed E-state index contributed by atoms with van der Waals surface area (Å²) < 4.78 is 59.1. The third-order valence-electron chi connectivity index (χ3n) is 5.20. The second-order valence-electron chi connectivity index (χ2n) is 7.98. The number of likely N-dealkylation sites (tertiary alicyclic amines) is 1. The molecule has 1 spiro atoms. The van der Waals surface area contributed by atoms with Crippen LogP contribution in [-0.4, -0.2) is 63.6 Å². The first-order chi connectivity index (χ1) is 14.3. The van der Waals surface area contributed by atoms with Crippen molar-refractivity contribution >= 4 is 20.2 Å². The molecule has 4 rings (SSSR count). The lowest BCUT2D eigenvalue weighted by atomic mass is 9.74. The number of hydrogen-bond donors (Lipinski definition) is 3. The highest BCUT2D eigenvalue weighted by Gasteiger charge is 2.46. The smallest absolute Gasteiger partial charge is 0.294 e. The predicted octanol–water partition coefficient (Wildman–Crippen LogP) is 2.39. The summed E-state index contributed by atoms with van der Waals surface area (Å²) in [7, 11) is -8.04. The van der Waals surface area contributed by atoms with Crippen molar-refractivity contribution in [1.82, 2.24) is 10.2 Å². The molecule has 2 saturated heterocycles. The molecule has 10 heteroatoms. The first-order valence-electron chi connectivity index (χ1n) is 9.86. The Kier molecular flexibility index (Phi) is 8.37. The molecule has 172 valence electrons. The van der Waals surface area contributed by atoms with Gasteiger partial charge in [-0.1, -0.05) is 42.3 Å². The van der Waals surface area contributed by atoms with Gasteiger partial charge in [0.05, 0.1) is 9.79 Å². The summed E-state index contributed by atoms with van der Waals surface area (Å²) in [6.07, 6.45) is 0. The lowest BCUT2D eigenvalue weighted by molar-refractivity contribution is -0.0357. The van der Waals surface area contributed by atoms with E-state index in [0.717, 1.165) is 16.5 Å². The Balaban J connectivity index is 0.000000166. The topological polar surface area (TPSA) is 124 Å². The lowest BCUT2D eigenvalue weighted by Gasteiger charge is -2.56. The molecule has 0 unspecified atom stereocenters. The molecule has 8 nitrogen and oxygen atoms in total. The van der Waals surface area contributed by atoms with Crippen molar-refractivity contribution in [2.24, 2.45) is 5.41 Å². The van der Waals surface area contributed by atoms with E-state index < -0.39 is 20.2 Å². The SMILES string of the molecule is CCN1CC2(CNC2)C1.Cc1ccc(S(=O)(=O)O)cc1.Cc1ccc(S(=O)(=O)O)cc1. The predicted molar refractivity (Wildman–Crippen MR) is 119 cm³/mol.